The van der Waals surface area contributed by atoms with Crippen molar-refractivity contribution in [1.82, 2.24) is 0 Å². The van der Waals surface area contributed by atoms with Crippen LogP contribution in [0.5, 0.6) is 0 Å². The van der Waals surface area contributed by atoms with Crippen LogP contribution in [0, 0.1) is 10.1 Å². The van der Waals surface area contributed by atoms with Crippen molar-refractivity contribution in [2.45, 2.75) is 25.7 Å². The maximum atomic E-state index is 12.5. The molecule has 0 fully saturated rings. The number of amides is 1. The number of non-ortho nitro benzene ring substituents is 1. The molecule has 0 bridgehead atoms. The quantitative estimate of drug-likeness (QED) is 0.644. The Morgan fingerprint density at radius 3 is 2.55 bits per heavy atom. The first-order valence-corrected chi connectivity index (χ1v) is 7.22. The maximum absolute atomic E-state index is 12.5. The van der Waals surface area contributed by atoms with Crippen LogP contribution in [0.25, 0.3) is 0 Å². The summed E-state index contributed by atoms with van der Waals surface area (Å²) in [6, 6.07) is 15.5. The maximum Gasteiger partial charge on any atom is 0.271 e. The van der Waals surface area contributed by atoms with Crippen molar-refractivity contribution in [3.8, 4) is 0 Å². The van der Waals surface area contributed by atoms with Crippen LogP contribution in [0.3, 0.4) is 0 Å². The summed E-state index contributed by atoms with van der Waals surface area (Å²) >= 11 is 0. The summed E-state index contributed by atoms with van der Waals surface area (Å²) < 4.78 is 0. The highest BCUT2D eigenvalue weighted by Crippen LogP contribution is 2.24. The monoisotopic (exact) mass is 298 g/mol. The Morgan fingerprint density at radius 2 is 1.91 bits per heavy atom. The minimum atomic E-state index is -0.476. The van der Waals surface area contributed by atoms with Gasteiger partial charge in [0.25, 0.3) is 5.69 Å². The number of rotatable bonds is 6. The fourth-order valence-corrected chi connectivity index (χ4v) is 2.35. The topological polar surface area (TPSA) is 72.2 Å². The Hall–Kier alpha value is -2.69. The number of hydrogen-bond acceptors (Lipinski definition) is 3. The molecule has 2 rings (SSSR count). The molecule has 2 aromatic carbocycles. The van der Waals surface area contributed by atoms with Gasteiger partial charge in [-0.1, -0.05) is 49.7 Å². The summed E-state index contributed by atoms with van der Waals surface area (Å²) in [6.07, 6.45) is 1.60. The predicted molar refractivity (Wildman–Crippen MR) is 85.8 cm³/mol. The van der Waals surface area contributed by atoms with E-state index in [9.17, 15) is 14.9 Å². The number of hydrogen-bond donors (Lipinski definition) is 1. The van der Waals surface area contributed by atoms with Crippen LogP contribution in [0.4, 0.5) is 11.4 Å². The molecule has 0 radical (unpaired) electrons. The van der Waals surface area contributed by atoms with E-state index in [1.807, 2.05) is 37.3 Å². The van der Waals surface area contributed by atoms with E-state index in [4.69, 9.17) is 0 Å². The normalized spacial score (nSPS) is 11.7. The summed E-state index contributed by atoms with van der Waals surface area (Å²) in [5, 5.41) is 13.6. The number of anilines is 1. The third-order valence-electron chi connectivity index (χ3n) is 3.42. The molecule has 0 heterocycles. The largest absolute Gasteiger partial charge is 0.325 e. The van der Waals surface area contributed by atoms with Gasteiger partial charge < -0.3 is 5.32 Å². The van der Waals surface area contributed by atoms with E-state index in [1.54, 1.807) is 12.1 Å². The van der Waals surface area contributed by atoms with Gasteiger partial charge in [0, 0.05) is 17.8 Å². The Kier molecular flexibility index (Phi) is 5.25. The molecule has 2 aromatic rings. The summed E-state index contributed by atoms with van der Waals surface area (Å²) in [7, 11) is 0. The number of benzene rings is 2. The molecule has 0 saturated carbocycles. The van der Waals surface area contributed by atoms with E-state index < -0.39 is 4.92 Å². The lowest BCUT2D eigenvalue weighted by Gasteiger charge is -2.16. The van der Waals surface area contributed by atoms with Crippen LogP contribution in [-0.4, -0.2) is 10.8 Å². The van der Waals surface area contributed by atoms with Crippen molar-refractivity contribution in [2.24, 2.45) is 0 Å². The van der Waals surface area contributed by atoms with Gasteiger partial charge >= 0.3 is 0 Å². The molecule has 0 aliphatic rings. The van der Waals surface area contributed by atoms with Gasteiger partial charge in [-0.3, -0.25) is 14.9 Å². The third kappa shape index (κ3) is 3.91. The van der Waals surface area contributed by atoms with Gasteiger partial charge in [-0.05, 0) is 18.1 Å². The molecule has 0 unspecified atom stereocenters. The zero-order valence-corrected chi connectivity index (χ0v) is 12.4. The lowest BCUT2D eigenvalue weighted by atomic mass is 9.93. The van der Waals surface area contributed by atoms with Gasteiger partial charge in [-0.2, -0.15) is 0 Å². The van der Waals surface area contributed by atoms with E-state index in [2.05, 4.69) is 5.32 Å². The van der Waals surface area contributed by atoms with Gasteiger partial charge in [-0.15, -0.1) is 0 Å². The van der Waals surface area contributed by atoms with Crippen LogP contribution in [-0.2, 0) is 4.79 Å². The summed E-state index contributed by atoms with van der Waals surface area (Å²) in [4.78, 5) is 22.8. The van der Waals surface area contributed by atoms with Crippen molar-refractivity contribution in [1.29, 1.82) is 0 Å². The Morgan fingerprint density at radius 1 is 1.18 bits per heavy atom. The van der Waals surface area contributed by atoms with Crippen LogP contribution in [0.1, 0.15) is 31.2 Å². The van der Waals surface area contributed by atoms with Crippen molar-refractivity contribution < 1.29 is 9.72 Å². The third-order valence-corrected chi connectivity index (χ3v) is 3.42. The number of carbonyl (C=O) groups is 1. The average Bonchev–Trinajstić information content (AvgIpc) is 2.53. The number of nitro benzene ring substituents is 1. The van der Waals surface area contributed by atoms with E-state index in [0.717, 1.165) is 18.4 Å². The fourth-order valence-electron chi connectivity index (χ4n) is 2.35. The summed E-state index contributed by atoms with van der Waals surface area (Å²) in [5.41, 5.74) is 1.35. The van der Waals surface area contributed by atoms with Gasteiger partial charge in [0.05, 0.1) is 10.8 Å². The molecule has 0 aliphatic heterocycles. The second kappa shape index (κ2) is 7.36. The number of nitro groups is 1. The molecule has 22 heavy (non-hydrogen) atoms. The molecular formula is C17H18N2O3. The van der Waals surface area contributed by atoms with Crippen LogP contribution in [0.15, 0.2) is 54.6 Å². The first-order chi connectivity index (χ1) is 10.6. The highest BCUT2D eigenvalue weighted by molar-refractivity contribution is 5.96. The van der Waals surface area contributed by atoms with E-state index in [-0.39, 0.29) is 17.5 Å². The zero-order valence-electron chi connectivity index (χ0n) is 12.4. The predicted octanol–water partition coefficient (Wildman–Crippen LogP) is 4.12. The fraction of sp³-hybridized carbons (Fsp3) is 0.235. The van der Waals surface area contributed by atoms with Crippen LogP contribution >= 0.6 is 0 Å². The van der Waals surface area contributed by atoms with Crippen molar-refractivity contribution >= 4 is 17.3 Å². The van der Waals surface area contributed by atoms with E-state index in [0.29, 0.717) is 5.69 Å². The minimum absolute atomic E-state index is 0.0375. The molecule has 0 aliphatic carbocycles. The summed E-state index contributed by atoms with van der Waals surface area (Å²) in [6.45, 7) is 2.02. The Balaban J connectivity index is 2.18. The number of carbonyl (C=O) groups excluding carboxylic acids is 1. The Labute approximate surface area is 129 Å². The van der Waals surface area contributed by atoms with E-state index in [1.165, 1.54) is 12.1 Å². The smallest absolute Gasteiger partial charge is 0.271 e. The number of nitrogens with one attached hydrogen (secondary N) is 1. The first-order valence-electron chi connectivity index (χ1n) is 7.22. The molecule has 1 atom stereocenters. The Bertz CT molecular complexity index is 656. The van der Waals surface area contributed by atoms with Gasteiger partial charge in [0.15, 0.2) is 0 Å². The first kappa shape index (κ1) is 15.7. The molecule has 1 amide bonds. The van der Waals surface area contributed by atoms with Crippen LogP contribution < -0.4 is 5.32 Å². The lowest BCUT2D eigenvalue weighted by molar-refractivity contribution is -0.384. The molecule has 5 nitrogen and oxygen atoms in total. The van der Waals surface area contributed by atoms with Crippen molar-refractivity contribution in [3.63, 3.8) is 0 Å². The molecule has 0 saturated heterocycles. The SMILES string of the molecule is CCC[C@@H](C(=O)Nc1cccc([N+](=O)[O-])c1)c1ccccc1. The second-order valence-electron chi connectivity index (χ2n) is 5.05. The second-order valence-corrected chi connectivity index (χ2v) is 5.05. The molecule has 114 valence electrons. The molecule has 5 heteroatoms. The van der Waals surface area contributed by atoms with Crippen molar-refractivity contribution in [3.05, 3.63) is 70.3 Å². The molecule has 0 aromatic heterocycles. The lowest BCUT2D eigenvalue weighted by Crippen LogP contribution is -2.21. The molecule has 0 spiro atoms. The average molecular weight is 298 g/mol. The van der Waals surface area contributed by atoms with E-state index >= 15 is 0 Å². The number of nitrogens with zero attached hydrogens (tertiary/aromatic N) is 1. The minimum Gasteiger partial charge on any atom is -0.325 e. The highest BCUT2D eigenvalue weighted by Gasteiger charge is 2.20. The van der Waals surface area contributed by atoms with Crippen LogP contribution in [0.2, 0.25) is 0 Å². The van der Waals surface area contributed by atoms with Crippen molar-refractivity contribution in [2.75, 3.05) is 5.32 Å². The highest BCUT2D eigenvalue weighted by atomic mass is 16.6. The standard InChI is InChI=1S/C17H18N2O3/c1-2-7-16(13-8-4-3-5-9-13)17(20)18-14-10-6-11-15(12-14)19(21)22/h3-6,8-12,16H,2,7H2,1H3,(H,18,20)/t16-/m1/s1. The zero-order chi connectivity index (χ0) is 15.9. The summed E-state index contributed by atoms with van der Waals surface area (Å²) in [5.74, 6) is -0.404. The molecular weight excluding hydrogens is 280 g/mol. The molecule has 1 N–H and O–H groups in total. The van der Waals surface area contributed by atoms with Gasteiger partial charge in [0.2, 0.25) is 5.91 Å². The van der Waals surface area contributed by atoms with Gasteiger partial charge in [0.1, 0.15) is 0 Å². The van der Waals surface area contributed by atoms with Gasteiger partial charge in [-0.25, -0.2) is 0 Å².